The topological polar surface area (TPSA) is 75.1 Å². The zero-order valence-corrected chi connectivity index (χ0v) is 10.8. The van der Waals surface area contributed by atoms with Crippen LogP contribution in [0.25, 0.3) is 0 Å². The van der Waals surface area contributed by atoms with Crippen molar-refractivity contribution >= 4 is 40.9 Å². The largest absolute Gasteiger partial charge is 0.381 e. The minimum atomic E-state index is 0.165. The third kappa shape index (κ3) is 2.30. The molecule has 3 rings (SSSR count). The van der Waals surface area contributed by atoms with E-state index in [-0.39, 0.29) is 5.96 Å². The van der Waals surface area contributed by atoms with Gasteiger partial charge in [0.1, 0.15) is 4.99 Å². The van der Waals surface area contributed by atoms with Gasteiger partial charge in [-0.05, 0) is 12.1 Å². The van der Waals surface area contributed by atoms with E-state index >= 15 is 0 Å². The van der Waals surface area contributed by atoms with Crippen LogP contribution in [0.3, 0.4) is 0 Å². The second kappa shape index (κ2) is 4.74. The van der Waals surface area contributed by atoms with Crippen molar-refractivity contribution in [3.05, 3.63) is 41.5 Å². The number of para-hydroxylation sites is 1. The fraction of sp³-hybridized carbons (Fsp3) is 0.0769. The first-order chi connectivity index (χ1) is 9.24. The highest BCUT2D eigenvalue weighted by atomic mass is 32.1. The summed E-state index contributed by atoms with van der Waals surface area (Å²) in [6.45, 7) is 0.622. The normalized spacial score (nSPS) is 17.2. The van der Waals surface area contributed by atoms with Crippen molar-refractivity contribution in [3.63, 3.8) is 0 Å². The molecule has 0 saturated heterocycles. The van der Waals surface area contributed by atoms with E-state index in [1.54, 1.807) is 6.21 Å². The molecule has 94 valence electrons. The van der Waals surface area contributed by atoms with Crippen molar-refractivity contribution in [2.45, 2.75) is 0 Å². The second-order valence-electron chi connectivity index (χ2n) is 4.09. The van der Waals surface area contributed by atoms with E-state index in [0.29, 0.717) is 17.4 Å². The maximum Gasteiger partial charge on any atom is 0.223 e. The average molecular weight is 269 g/mol. The molecule has 0 saturated carbocycles. The van der Waals surface area contributed by atoms with E-state index in [4.69, 9.17) is 18.0 Å². The molecule has 0 amide bonds. The van der Waals surface area contributed by atoms with Crippen LogP contribution in [-0.2, 0) is 0 Å². The Labute approximate surface area is 115 Å². The van der Waals surface area contributed by atoms with Gasteiger partial charge < -0.3 is 11.1 Å². The summed E-state index contributed by atoms with van der Waals surface area (Å²) in [5.74, 6) is 0.723. The summed E-state index contributed by atoms with van der Waals surface area (Å²) in [4.78, 5) is 12.7. The SMILES string of the molecule is NC1=NC(=S)C2=C(CNc3ccccc3)C=NC2=N1. The smallest absolute Gasteiger partial charge is 0.223 e. The van der Waals surface area contributed by atoms with E-state index in [1.165, 1.54) is 0 Å². The van der Waals surface area contributed by atoms with E-state index in [0.717, 1.165) is 16.8 Å². The molecule has 1 aromatic carbocycles. The molecular formula is C13H11N5S. The zero-order chi connectivity index (χ0) is 13.2. The molecule has 0 aromatic heterocycles. The Morgan fingerprint density at radius 1 is 1.16 bits per heavy atom. The molecule has 3 N–H and O–H groups in total. The number of nitrogens with one attached hydrogen (secondary N) is 1. The first-order valence-corrected chi connectivity index (χ1v) is 6.18. The molecule has 0 aliphatic carbocycles. The van der Waals surface area contributed by atoms with E-state index in [9.17, 15) is 0 Å². The van der Waals surface area contributed by atoms with Gasteiger partial charge in [0, 0.05) is 24.0 Å². The number of hydrogen-bond donors (Lipinski definition) is 2. The highest BCUT2D eigenvalue weighted by Crippen LogP contribution is 2.20. The van der Waals surface area contributed by atoms with Gasteiger partial charge in [-0.25, -0.2) is 9.98 Å². The predicted octanol–water partition coefficient (Wildman–Crippen LogP) is 1.53. The molecule has 0 radical (unpaired) electrons. The maximum atomic E-state index is 5.55. The van der Waals surface area contributed by atoms with E-state index < -0.39 is 0 Å². The molecular weight excluding hydrogens is 258 g/mol. The first kappa shape index (κ1) is 11.7. The number of anilines is 1. The summed E-state index contributed by atoms with van der Waals surface area (Å²) in [5.41, 5.74) is 8.37. The van der Waals surface area contributed by atoms with Crippen LogP contribution in [-0.4, -0.2) is 29.5 Å². The monoisotopic (exact) mass is 269 g/mol. The third-order valence-corrected chi connectivity index (χ3v) is 3.09. The Morgan fingerprint density at radius 2 is 1.95 bits per heavy atom. The number of amidine groups is 1. The van der Waals surface area contributed by atoms with Crippen molar-refractivity contribution in [2.75, 3.05) is 11.9 Å². The molecule has 2 aliphatic heterocycles. The summed E-state index contributed by atoms with van der Waals surface area (Å²) < 4.78 is 0. The van der Waals surface area contributed by atoms with Gasteiger partial charge in [-0.2, -0.15) is 4.99 Å². The van der Waals surface area contributed by atoms with Gasteiger partial charge in [0.2, 0.25) is 5.96 Å². The van der Waals surface area contributed by atoms with Crippen LogP contribution in [0, 0.1) is 0 Å². The summed E-state index contributed by atoms with van der Waals surface area (Å²) in [6, 6.07) is 9.93. The highest BCUT2D eigenvalue weighted by Gasteiger charge is 2.24. The minimum Gasteiger partial charge on any atom is -0.381 e. The summed E-state index contributed by atoms with van der Waals surface area (Å²) in [7, 11) is 0. The Balaban J connectivity index is 1.81. The van der Waals surface area contributed by atoms with Crippen molar-refractivity contribution in [3.8, 4) is 0 Å². The lowest BCUT2D eigenvalue weighted by molar-refractivity contribution is 1.29. The molecule has 2 heterocycles. The lowest BCUT2D eigenvalue weighted by atomic mass is 10.1. The van der Waals surface area contributed by atoms with Crippen LogP contribution in [0.15, 0.2) is 56.5 Å². The Kier molecular flexibility index (Phi) is 2.92. The van der Waals surface area contributed by atoms with Gasteiger partial charge in [-0.1, -0.05) is 30.4 Å². The van der Waals surface area contributed by atoms with Gasteiger partial charge in [0.15, 0.2) is 5.84 Å². The first-order valence-electron chi connectivity index (χ1n) is 5.78. The fourth-order valence-electron chi connectivity index (χ4n) is 1.91. The molecule has 1 aromatic rings. The molecule has 2 aliphatic rings. The van der Waals surface area contributed by atoms with E-state index in [2.05, 4.69) is 20.3 Å². The highest BCUT2D eigenvalue weighted by molar-refractivity contribution is 7.81. The van der Waals surface area contributed by atoms with Crippen LogP contribution in [0.5, 0.6) is 0 Å². The lowest BCUT2D eigenvalue weighted by Crippen LogP contribution is -2.22. The second-order valence-corrected chi connectivity index (χ2v) is 4.48. The quantitative estimate of drug-likeness (QED) is 0.817. The average Bonchev–Trinajstić information content (AvgIpc) is 2.81. The molecule has 5 nitrogen and oxygen atoms in total. The molecule has 0 spiro atoms. The van der Waals surface area contributed by atoms with Crippen molar-refractivity contribution < 1.29 is 0 Å². The van der Waals surface area contributed by atoms with E-state index in [1.807, 2.05) is 30.3 Å². The van der Waals surface area contributed by atoms with Crippen LogP contribution in [0.2, 0.25) is 0 Å². The Bertz CT molecular complexity index is 655. The number of benzene rings is 1. The number of hydrogen-bond acceptors (Lipinski definition) is 5. The number of thiocarbonyl (C=S) groups is 1. The number of aliphatic imine (C=N–C) groups is 3. The Morgan fingerprint density at radius 3 is 2.74 bits per heavy atom. The molecule has 0 bridgehead atoms. The number of nitrogens with zero attached hydrogens (tertiary/aromatic N) is 3. The van der Waals surface area contributed by atoms with Crippen LogP contribution >= 0.6 is 12.2 Å². The number of rotatable bonds is 3. The summed E-state index contributed by atoms with van der Waals surface area (Å²) in [5, 5.41) is 3.31. The van der Waals surface area contributed by atoms with Gasteiger partial charge in [-0.15, -0.1) is 0 Å². The van der Waals surface area contributed by atoms with Crippen LogP contribution < -0.4 is 11.1 Å². The van der Waals surface area contributed by atoms with Gasteiger partial charge in [0.25, 0.3) is 0 Å². The maximum absolute atomic E-state index is 5.55. The summed E-state index contributed by atoms with van der Waals surface area (Å²) >= 11 is 5.21. The Hall–Kier alpha value is -2.34. The van der Waals surface area contributed by atoms with Crippen LogP contribution in [0.4, 0.5) is 5.69 Å². The molecule has 6 heteroatoms. The van der Waals surface area contributed by atoms with Crippen molar-refractivity contribution in [1.29, 1.82) is 0 Å². The molecule has 19 heavy (non-hydrogen) atoms. The third-order valence-electron chi connectivity index (χ3n) is 2.79. The standard InChI is InChI=1S/C13H11N5S/c14-13-17-11-10(12(19)18-13)8(7-16-11)6-15-9-4-2-1-3-5-9/h1-5,7,15H,6H2,(H2,14,18,19). The molecule has 0 unspecified atom stereocenters. The predicted molar refractivity (Wildman–Crippen MR) is 82.1 cm³/mol. The van der Waals surface area contributed by atoms with Crippen molar-refractivity contribution in [2.24, 2.45) is 20.7 Å². The summed E-state index contributed by atoms with van der Waals surface area (Å²) in [6.07, 6.45) is 1.75. The van der Waals surface area contributed by atoms with Gasteiger partial charge >= 0.3 is 0 Å². The zero-order valence-electron chi connectivity index (χ0n) is 10.00. The number of fused-ring (bicyclic) bond motifs is 1. The number of nitrogens with two attached hydrogens (primary N) is 1. The van der Waals surface area contributed by atoms with Gasteiger partial charge in [-0.3, -0.25) is 0 Å². The van der Waals surface area contributed by atoms with Crippen LogP contribution in [0.1, 0.15) is 0 Å². The molecule has 0 atom stereocenters. The molecule has 0 fully saturated rings. The van der Waals surface area contributed by atoms with Crippen molar-refractivity contribution in [1.82, 2.24) is 0 Å². The fourth-order valence-corrected chi connectivity index (χ4v) is 2.23. The minimum absolute atomic E-state index is 0.165. The number of guanidine groups is 1. The van der Waals surface area contributed by atoms with Gasteiger partial charge in [0.05, 0.1) is 5.57 Å². The lowest BCUT2D eigenvalue weighted by Gasteiger charge is -2.10.